The van der Waals surface area contributed by atoms with Crippen molar-refractivity contribution < 1.29 is 0 Å². The largest absolute Gasteiger partial charge is 0.310 e. The molecule has 0 atom stereocenters. The van der Waals surface area contributed by atoms with Gasteiger partial charge in [0.1, 0.15) is 0 Å². The Morgan fingerprint density at radius 1 is 0.274 bits per heavy atom. The van der Waals surface area contributed by atoms with Gasteiger partial charge in [-0.2, -0.15) is 0 Å². The van der Waals surface area contributed by atoms with Gasteiger partial charge in [-0.25, -0.2) is 15.0 Å². The highest BCUT2D eigenvalue weighted by molar-refractivity contribution is 7.00. The van der Waals surface area contributed by atoms with Gasteiger partial charge >= 0.3 is 0 Å². The highest BCUT2D eigenvalue weighted by atomic mass is 15.1. The quantitative estimate of drug-likeness (QED) is 0.161. The molecular weight excluding hydrogens is 1150 g/mol. The van der Waals surface area contributed by atoms with Crippen molar-refractivity contribution in [1.29, 1.82) is 0 Å². The average Bonchev–Trinajstić information content (AvgIpc) is 1.53. The first kappa shape index (κ1) is 64.0. The molecule has 482 valence electrons. The molecule has 0 saturated carbocycles. The van der Waals surface area contributed by atoms with E-state index in [1.807, 2.05) is 0 Å². The van der Waals surface area contributed by atoms with E-state index in [0.29, 0.717) is 17.5 Å². The van der Waals surface area contributed by atoms with Gasteiger partial charge in [-0.3, -0.25) is 0 Å². The van der Waals surface area contributed by atoms with Crippen LogP contribution in [-0.4, -0.2) is 30.8 Å². The van der Waals surface area contributed by atoms with Gasteiger partial charge in [0.05, 0.1) is 22.1 Å². The van der Waals surface area contributed by atoms with Gasteiger partial charge in [-0.15, -0.1) is 0 Å². The normalized spacial score (nSPS) is 13.9. The van der Waals surface area contributed by atoms with E-state index in [1.165, 1.54) is 127 Å². The van der Waals surface area contributed by atoms with E-state index >= 15 is 0 Å². The number of hydrogen-bond donors (Lipinski definition) is 0. The molecule has 6 heteroatoms. The minimum Gasteiger partial charge on any atom is -0.310 e. The minimum absolute atomic E-state index is 0.0881. The van der Waals surface area contributed by atoms with Crippen molar-refractivity contribution in [2.45, 2.75) is 209 Å². The van der Waals surface area contributed by atoms with Gasteiger partial charge in [-0.05, 0) is 151 Å². The SMILES string of the molecule is CC(C)(C)c1cc(-c2ccc3c4c2c2c(C(C)(C)C)cc(C(C)(C)C)cc2n4-c2cc(-c4nc(-c5ccccc5)nc(-c5ccccc5)n4)cc4c2B3c2ccc(-c3cc(C(C)(C)C)cc(C(C)(C)C)c3)c3c5c(C(C)(C)C)cc(C(C)(C)C)cc5n-4c23)cc(C(C)(C)C)c1. The lowest BCUT2D eigenvalue weighted by Crippen LogP contribution is -2.59. The second kappa shape index (κ2) is 21.1. The maximum Gasteiger partial charge on any atom is 0.252 e. The molecule has 2 aliphatic heterocycles. The number of hydrogen-bond acceptors (Lipinski definition) is 3. The lowest BCUT2D eigenvalue weighted by atomic mass is 9.34. The van der Waals surface area contributed by atoms with E-state index in [2.05, 4.69) is 333 Å². The standard InChI is InChI=1S/C89H98BN5/c1-82(2,3)56-39-53(40-57(45-56)83(4,5)6)62-35-37-66-77-72(62)74-64(88(19,20)21)47-60(86(13,14)15)49-68(74)94(77)70-43-55(81-92-79(51-31-27-25-28-32-51)91-80(93-81)52-33-29-26-30-34-52)44-71-76(70)90(66)67-38-36-63(54-41-58(84(7,8)9)46-59(42-54)85(10,11)12)73-75-65(89(22,23)24)48-61(87(16,17)18)50-69(75)95(71)78(67)73/h25-50H,1-24H3. The van der Waals surface area contributed by atoms with E-state index in [9.17, 15) is 0 Å². The molecule has 5 nitrogen and oxygen atoms in total. The Labute approximate surface area is 567 Å². The van der Waals surface area contributed by atoms with Gasteiger partial charge in [0.2, 0.25) is 0 Å². The lowest BCUT2D eigenvalue weighted by molar-refractivity contribution is 0.568. The molecule has 3 aromatic heterocycles. The molecule has 0 bridgehead atoms. The fraction of sp³-hybridized carbons (Fsp3) is 0.360. The van der Waals surface area contributed by atoms with Crippen molar-refractivity contribution >= 4 is 66.7 Å². The van der Waals surface area contributed by atoms with Crippen LogP contribution in [0.4, 0.5) is 0 Å². The van der Waals surface area contributed by atoms with E-state index in [-0.39, 0.29) is 50.0 Å². The Morgan fingerprint density at radius 2 is 0.579 bits per heavy atom. The molecule has 0 saturated heterocycles. The van der Waals surface area contributed by atoms with Gasteiger partial charge in [0.15, 0.2) is 17.5 Å². The topological polar surface area (TPSA) is 48.5 Å². The Morgan fingerprint density at radius 3 is 0.884 bits per heavy atom. The molecule has 0 aliphatic carbocycles. The fourth-order valence-corrected chi connectivity index (χ4v) is 15.2. The first-order valence-corrected chi connectivity index (χ1v) is 34.9. The van der Waals surface area contributed by atoms with Crippen LogP contribution in [0.15, 0.2) is 158 Å². The van der Waals surface area contributed by atoms with E-state index in [1.54, 1.807) is 0 Å². The van der Waals surface area contributed by atoms with Gasteiger partial charge < -0.3 is 9.13 Å². The Balaban J connectivity index is 1.24. The smallest absolute Gasteiger partial charge is 0.252 e. The van der Waals surface area contributed by atoms with Crippen molar-refractivity contribution in [3.05, 3.63) is 202 Å². The molecule has 2 aliphatic rings. The fourth-order valence-electron chi connectivity index (χ4n) is 15.2. The number of benzene rings is 9. The lowest BCUT2D eigenvalue weighted by Gasteiger charge is -2.35. The molecule has 0 N–H and O–H groups in total. The Bertz CT molecular complexity index is 4780. The first-order chi connectivity index (χ1) is 44.2. The second-order valence-electron chi connectivity index (χ2n) is 36.4. The average molecular weight is 1250 g/mol. The first-order valence-electron chi connectivity index (χ1n) is 34.9. The molecule has 0 radical (unpaired) electrons. The summed E-state index contributed by atoms with van der Waals surface area (Å²) in [7, 11) is 0. The van der Waals surface area contributed by atoms with Crippen molar-refractivity contribution in [2.75, 3.05) is 0 Å². The summed E-state index contributed by atoms with van der Waals surface area (Å²) < 4.78 is 5.44. The van der Waals surface area contributed by atoms with Crippen LogP contribution >= 0.6 is 0 Å². The summed E-state index contributed by atoms with van der Waals surface area (Å²) in [6.07, 6.45) is 0. The van der Waals surface area contributed by atoms with E-state index in [0.717, 1.165) is 28.1 Å². The van der Waals surface area contributed by atoms with Crippen LogP contribution in [0.25, 0.3) is 111 Å². The van der Waals surface area contributed by atoms with Crippen LogP contribution < -0.4 is 16.4 Å². The zero-order valence-corrected chi connectivity index (χ0v) is 61.3. The molecule has 0 fully saturated rings. The highest BCUT2D eigenvalue weighted by Gasteiger charge is 2.44. The predicted molar refractivity (Wildman–Crippen MR) is 410 cm³/mol. The summed E-state index contributed by atoms with van der Waals surface area (Å²) in [5, 5.41) is 5.24. The Kier molecular flexibility index (Phi) is 14.2. The molecule has 0 spiro atoms. The molecule has 14 rings (SSSR count). The van der Waals surface area contributed by atoms with Gasteiger partial charge in [0.25, 0.3) is 6.71 Å². The molecule has 0 unspecified atom stereocenters. The summed E-state index contributed by atoms with van der Waals surface area (Å²) in [5.41, 5.74) is 28.6. The van der Waals surface area contributed by atoms with Crippen molar-refractivity contribution in [3.63, 3.8) is 0 Å². The van der Waals surface area contributed by atoms with E-state index in [4.69, 9.17) is 15.0 Å². The van der Waals surface area contributed by atoms with Crippen LogP contribution in [-0.2, 0) is 43.3 Å². The third-order valence-electron chi connectivity index (χ3n) is 20.9. The zero-order chi connectivity index (χ0) is 68.1. The monoisotopic (exact) mass is 1250 g/mol. The number of fused-ring (bicyclic) bond motifs is 10. The van der Waals surface area contributed by atoms with Crippen LogP contribution in [0.1, 0.15) is 211 Å². The summed E-state index contributed by atoms with van der Waals surface area (Å²) >= 11 is 0. The van der Waals surface area contributed by atoms with E-state index < -0.39 is 0 Å². The van der Waals surface area contributed by atoms with Crippen molar-refractivity contribution in [3.8, 4) is 67.8 Å². The second-order valence-corrected chi connectivity index (χ2v) is 36.4. The minimum atomic E-state index is -0.231. The van der Waals surface area contributed by atoms with Gasteiger partial charge in [0, 0.05) is 49.6 Å². The van der Waals surface area contributed by atoms with Crippen molar-refractivity contribution in [1.82, 2.24) is 24.1 Å². The van der Waals surface area contributed by atoms with Crippen LogP contribution in [0.3, 0.4) is 0 Å². The maximum atomic E-state index is 5.61. The summed E-state index contributed by atoms with van der Waals surface area (Å²) in [6.45, 7) is 57.0. The van der Waals surface area contributed by atoms with Crippen molar-refractivity contribution in [2.24, 2.45) is 0 Å². The highest BCUT2D eigenvalue weighted by Crippen LogP contribution is 2.51. The molecular formula is C89H98BN5. The van der Waals surface area contributed by atoms with Crippen LogP contribution in [0, 0.1) is 0 Å². The molecule has 95 heavy (non-hydrogen) atoms. The summed E-state index contributed by atoms with van der Waals surface area (Å²) in [6, 6.07) is 61.2. The molecule has 9 aromatic carbocycles. The molecule has 12 aromatic rings. The maximum absolute atomic E-state index is 5.61. The third-order valence-corrected chi connectivity index (χ3v) is 20.9. The molecule has 5 heterocycles. The number of aromatic nitrogens is 5. The summed E-state index contributed by atoms with van der Waals surface area (Å²) in [4.78, 5) is 16.5. The van der Waals surface area contributed by atoms with Crippen LogP contribution in [0.5, 0.6) is 0 Å². The number of nitrogens with zero attached hydrogens (tertiary/aromatic N) is 5. The molecule has 0 amide bonds. The summed E-state index contributed by atoms with van der Waals surface area (Å²) in [5.74, 6) is 1.91. The zero-order valence-electron chi connectivity index (χ0n) is 61.3. The number of rotatable bonds is 5. The predicted octanol–water partition coefficient (Wildman–Crippen LogP) is 21.9. The van der Waals surface area contributed by atoms with Gasteiger partial charge in [-0.1, -0.05) is 300 Å². The third kappa shape index (κ3) is 10.6. The van der Waals surface area contributed by atoms with Crippen LogP contribution in [0.2, 0.25) is 0 Å². The Hall–Kier alpha value is -8.35.